The number of benzene rings is 1. The van der Waals surface area contributed by atoms with E-state index in [0.717, 1.165) is 37.1 Å². The number of nitrogens with zero attached hydrogens (tertiary/aromatic N) is 1. The Labute approximate surface area is 125 Å². The van der Waals surface area contributed by atoms with E-state index in [4.69, 9.17) is 5.73 Å². The zero-order valence-corrected chi connectivity index (χ0v) is 12.9. The summed E-state index contributed by atoms with van der Waals surface area (Å²) in [5.74, 6) is -0.266. The normalized spacial score (nSPS) is 15.9. The molecule has 1 fully saturated rings. The topological polar surface area (TPSA) is 75.4 Å². The summed E-state index contributed by atoms with van der Waals surface area (Å²) in [6.45, 7) is 7.08. The molecule has 0 aromatic heterocycles. The van der Waals surface area contributed by atoms with Crippen molar-refractivity contribution in [3.63, 3.8) is 0 Å². The lowest BCUT2D eigenvalue weighted by Gasteiger charge is -2.21. The fourth-order valence-corrected chi connectivity index (χ4v) is 2.66. The van der Waals surface area contributed by atoms with Gasteiger partial charge in [0.15, 0.2) is 0 Å². The summed E-state index contributed by atoms with van der Waals surface area (Å²) in [4.78, 5) is 26.3. The average Bonchev–Trinajstić information content (AvgIpc) is 2.95. The third-order valence-electron chi connectivity index (χ3n) is 3.99. The van der Waals surface area contributed by atoms with E-state index in [2.05, 4.69) is 5.32 Å². The summed E-state index contributed by atoms with van der Waals surface area (Å²) in [5.41, 5.74) is 8.79. The van der Waals surface area contributed by atoms with E-state index in [0.29, 0.717) is 11.3 Å². The Morgan fingerprint density at radius 2 is 1.81 bits per heavy atom. The fourth-order valence-electron chi connectivity index (χ4n) is 2.66. The molecule has 1 saturated heterocycles. The number of carbonyl (C=O) groups is 2. The Morgan fingerprint density at radius 1 is 1.19 bits per heavy atom. The lowest BCUT2D eigenvalue weighted by molar-refractivity contribution is -0.131. The van der Waals surface area contributed by atoms with Crippen molar-refractivity contribution in [2.45, 2.75) is 39.7 Å². The quantitative estimate of drug-likeness (QED) is 0.830. The van der Waals surface area contributed by atoms with Crippen molar-refractivity contribution in [3.8, 4) is 0 Å². The van der Waals surface area contributed by atoms with E-state index >= 15 is 0 Å². The smallest absolute Gasteiger partial charge is 0.252 e. The van der Waals surface area contributed by atoms with Crippen LogP contribution in [0.15, 0.2) is 12.1 Å². The standard InChI is InChI=1S/C16H23N3O2/c1-10-8-11(2)14(17)9-13(10)15(20)18-12(3)16(21)19-6-4-5-7-19/h8-9,12H,4-7,17H2,1-3H3,(H,18,20). The molecule has 0 aliphatic carbocycles. The van der Waals surface area contributed by atoms with Gasteiger partial charge < -0.3 is 16.0 Å². The maximum Gasteiger partial charge on any atom is 0.252 e. The van der Waals surface area contributed by atoms with E-state index in [1.54, 1.807) is 17.9 Å². The summed E-state index contributed by atoms with van der Waals surface area (Å²) in [5, 5.41) is 2.77. The molecule has 0 radical (unpaired) electrons. The first-order chi connectivity index (χ1) is 9.90. The molecule has 1 heterocycles. The Bertz CT molecular complexity index is 563. The SMILES string of the molecule is Cc1cc(C)c(C(=O)NC(C)C(=O)N2CCCC2)cc1N. The monoisotopic (exact) mass is 289 g/mol. The van der Waals surface area contributed by atoms with E-state index < -0.39 is 6.04 Å². The van der Waals surface area contributed by atoms with Gasteiger partial charge in [0.25, 0.3) is 5.91 Å². The fraction of sp³-hybridized carbons (Fsp3) is 0.500. The molecule has 2 rings (SSSR count). The molecule has 5 heteroatoms. The summed E-state index contributed by atoms with van der Waals surface area (Å²) in [7, 11) is 0. The predicted octanol–water partition coefficient (Wildman–Crippen LogP) is 1.63. The van der Waals surface area contributed by atoms with E-state index in [-0.39, 0.29) is 11.8 Å². The first-order valence-corrected chi connectivity index (χ1v) is 7.36. The summed E-state index contributed by atoms with van der Waals surface area (Å²) in [6.07, 6.45) is 2.08. The minimum Gasteiger partial charge on any atom is -0.398 e. The van der Waals surface area contributed by atoms with Crippen LogP contribution in [-0.2, 0) is 4.79 Å². The second kappa shape index (κ2) is 6.16. The largest absolute Gasteiger partial charge is 0.398 e. The van der Waals surface area contributed by atoms with Crippen LogP contribution in [0.1, 0.15) is 41.3 Å². The summed E-state index contributed by atoms with van der Waals surface area (Å²) >= 11 is 0. The Balaban J connectivity index is 2.07. The maximum absolute atomic E-state index is 12.3. The van der Waals surface area contributed by atoms with Crippen LogP contribution in [0.25, 0.3) is 0 Å². The molecule has 1 aliphatic rings. The molecule has 1 aromatic rings. The van der Waals surface area contributed by atoms with Crippen LogP contribution in [0.4, 0.5) is 5.69 Å². The molecule has 1 aromatic carbocycles. The molecule has 1 atom stereocenters. The number of likely N-dealkylation sites (tertiary alicyclic amines) is 1. The van der Waals surface area contributed by atoms with Gasteiger partial charge in [0.1, 0.15) is 6.04 Å². The van der Waals surface area contributed by atoms with Gasteiger partial charge in [0.05, 0.1) is 0 Å². The van der Waals surface area contributed by atoms with Crippen LogP contribution in [0.5, 0.6) is 0 Å². The predicted molar refractivity (Wildman–Crippen MR) is 83.1 cm³/mol. The van der Waals surface area contributed by atoms with Gasteiger partial charge in [0.2, 0.25) is 5.91 Å². The molecule has 2 amide bonds. The van der Waals surface area contributed by atoms with Gasteiger partial charge in [-0.2, -0.15) is 0 Å². The van der Waals surface area contributed by atoms with Crippen LogP contribution >= 0.6 is 0 Å². The molecule has 0 saturated carbocycles. The van der Waals surface area contributed by atoms with Crippen molar-refractivity contribution in [2.75, 3.05) is 18.8 Å². The highest BCUT2D eigenvalue weighted by Crippen LogP contribution is 2.18. The minimum absolute atomic E-state index is 0.0152. The van der Waals surface area contributed by atoms with Crippen molar-refractivity contribution in [1.82, 2.24) is 10.2 Å². The van der Waals surface area contributed by atoms with Crippen LogP contribution in [0, 0.1) is 13.8 Å². The number of carbonyl (C=O) groups excluding carboxylic acids is 2. The molecular formula is C16H23N3O2. The zero-order valence-electron chi connectivity index (χ0n) is 12.9. The maximum atomic E-state index is 12.3. The second-order valence-corrected chi connectivity index (χ2v) is 5.75. The van der Waals surface area contributed by atoms with Crippen LogP contribution < -0.4 is 11.1 Å². The molecule has 1 unspecified atom stereocenters. The Morgan fingerprint density at radius 3 is 2.43 bits per heavy atom. The molecular weight excluding hydrogens is 266 g/mol. The van der Waals surface area contributed by atoms with Crippen molar-refractivity contribution in [3.05, 3.63) is 28.8 Å². The van der Waals surface area contributed by atoms with E-state index in [9.17, 15) is 9.59 Å². The minimum atomic E-state index is -0.516. The number of nitrogen functional groups attached to an aromatic ring is 1. The summed E-state index contributed by atoms with van der Waals surface area (Å²) in [6, 6.07) is 3.04. The zero-order chi connectivity index (χ0) is 15.6. The van der Waals surface area contributed by atoms with Gasteiger partial charge in [-0.15, -0.1) is 0 Å². The van der Waals surface area contributed by atoms with Gasteiger partial charge in [-0.1, -0.05) is 6.07 Å². The lowest BCUT2D eigenvalue weighted by Crippen LogP contribution is -2.46. The van der Waals surface area contributed by atoms with Gasteiger partial charge in [-0.3, -0.25) is 9.59 Å². The summed E-state index contributed by atoms with van der Waals surface area (Å²) < 4.78 is 0. The second-order valence-electron chi connectivity index (χ2n) is 5.75. The number of nitrogens with two attached hydrogens (primary N) is 1. The highest BCUT2D eigenvalue weighted by Gasteiger charge is 2.25. The van der Waals surface area contributed by atoms with Gasteiger partial charge in [-0.05, 0) is 50.8 Å². The highest BCUT2D eigenvalue weighted by molar-refractivity contribution is 5.99. The van der Waals surface area contributed by atoms with Gasteiger partial charge in [0, 0.05) is 24.3 Å². The van der Waals surface area contributed by atoms with Crippen LogP contribution in [0.3, 0.4) is 0 Å². The molecule has 1 aliphatic heterocycles. The number of hydrogen-bond donors (Lipinski definition) is 2. The average molecular weight is 289 g/mol. The first kappa shape index (κ1) is 15.4. The third kappa shape index (κ3) is 3.35. The van der Waals surface area contributed by atoms with Crippen molar-refractivity contribution in [1.29, 1.82) is 0 Å². The van der Waals surface area contributed by atoms with E-state index in [1.165, 1.54) is 0 Å². The molecule has 3 N–H and O–H groups in total. The van der Waals surface area contributed by atoms with E-state index in [1.807, 2.05) is 19.9 Å². The Kier molecular flexibility index (Phi) is 4.50. The number of amides is 2. The number of hydrogen-bond acceptors (Lipinski definition) is 3. The number of nitrogens with one attached hydrogen (secondary N) is 1. The number of anilines is 1. The number of aryl methyl sites for hydroxylation is 2. The lowest BCUT2D eigenvalue weighted by atomic mass is 10.0. The molecule has 114 valence electrons. The first-order valence-electron chi connectivity index (χ1n) is 7.36. The molecule has 0 spiro atoms. The molecule has 0 bridgehead atoms. The molecule has 21 heavy (non-hydrogen) atoms. The highest BCUT2D eigenvalue weighted by atomic mass is 16.2. The van der Waals surface area contributed by atoms with Crippen molar-refractivity contribution in [2.24, 2.45) is 0 Å². The van der Waals surface area contributed by atoms with Crippen molar-refractivity contribution >= 4 is 17.5 Å². The van der Waals surface area contributed by atoms with Gasteiger partial charge >= 0.3 is 0 Å². The van der Waals surface area contributed by atoms with Crippen molar-refractivity contribution < 1.29 is 9.59 Å². The third-order valence-corrected chi connectivity index (χ3v) is 3.99. The van der Waals surface area contributed by atoms with Crippen LogP contribution in [0.2, 0.25) is 0 Å². The number of rotatable bonds is 3. The van der Waals surface area contributed by atoms with Crippen LogP contribution in [-0.4, -0.2) is 35.8 Å². The Hall–Kier alpha value is -2.04. The van der Waals surface area contributed by atoms with Gasteiger partial charge in [-0.25, -0.2) is 0 Å². The molecule has 5 nitrogen and oxygen atoms in total.